The largest absolute Gasteiger partial charge is 0.342 e. The van der Waals surface area contributed by atoms with Crippen LogP contribution in [0.25, 0.3) is 0 Å². The fourth-order valence-electron chi connectivity index (χ4n) is 7.25. The second-order valence-corrected chi connectivity index (χ2v) is 13.8. The predicted molar refractivity (Wildman–Crippen MR) is 137 cm³/mol. The molecule has 4 aliphatic heterocycles. The first-order chi connectivity index (χ1) is 17.1. The normalized spacial score (nSPS) is 32.5. The van der Waals surface area contributed by atoms with Crippen molar-refractivity contribution in [3.8, 4) is 0 Å². The van der Waals surface area contributed by atoms with Gasteiger partial charge in [-0.1, -0.05) is 31.5 Å². The van der Waals surface area contributed by atoms with E-state index in [-0.39, 0.29) is 24.4 Å². The summed E-state index contributed by atoms with van der Waals surface area (Å²) in [5.41, 5.74) is 1.05. The maximum Gasteiger partial charge on any atom is 0.243 e. The highest BCUT2D eigenvalue weighted by atomic mass is 32.2. The average molecular weight is 518 g/mol. The van der Waals surface area contributed by atoms with E-state index in [1.54, 1.807) is 16.4 Å². The Kier molecular flexibility index (Phi) is 7.15. The summed E-state index contributed by atoms with van der Waals surface area (Å²) < 4.78 is 27.9. The first-order valence-corrected chi connectivity index (χ1v) is 15.1. The molecule has 5 atom stereocenters. The van der Waals surface area contributed by atoms with Crippen LogP contribution in [-0.4, -0.2) is 78.7 Å². The topological polar surface area (TPSA) is 81.0 Å². The van der Waals surface area contributed by atoms with Gasteiger partial charge in [-0.25, -0.2) is 8.42 Å². The average Bonchev–Trinajstić information content (AvgIpc) is 3.19. The number of nitrogens with zero attached hydrogens (tertiary/aromatic N) is 4. The molecule has 0 aliphatic carbocycles. The van der Waals surface area contributed by atoms with Crippen molar-refractivity contribution >= 4 is 15.9 Å². The Morgan fingerprint density at radius 3 is 2.17 bits per heavy atom. The number of hydrazine groups is 1. The molecular formula is C27H41N4O4S+. The molecule has 36 heavy (non-hydrogen) atoms. The maximum atomic E-state index is 13.5. The third-order valence-corrected chi connectivity index (χ3v) is 11.0. The Bertz CT molecular complexity index is 1070. The van der Waals surface area contributed by atoms with E-state index in [2.05, 4.69) is 13.8 Å². The van der Waals surface area contributed by atoms with Crippen LogP contribution in [0, 0.1) is 41.4 Å². The number of nitroso groups, excluding NO2 is 1. The van der Waals surface area contributed by atoms with Crippen LogP contribution in [0.5, 0.6) is 0 Å². The van der Waals surface area contributed by atoms with Crippen LogP contribution in [0.15, 0.2) is 29.2 Å². The van der Waals surface area contributed by atoms with Crippen LogP contribution >= 0.6 is 0 Å². The van der Waals surface area contributed by atoms with Crippen molar-refractivity contribution in [1.29, 1.82) is 0 Å². The number of amides is 1. The summed E-state index contributed by atoms with van der Waals surface area (Å²) in [7, 11) is -3.47. The lowest BCUT2D eigenvalue weighted by atomic mass is 9.75. The van der Waals surface area contributed by atoms with E-state index in [9.17, 15) is 18.1 Å². The summed E-state index contributed by atoms with van der Waals surface area (Å²) in [5, 5.41) is 1.90. The van der Waals surface area contributed by atoms with Gasteiger partial charge in [0.05, 0.1) is 16.3 Å². The molecule has 4 heterocycles. The van der Waals surface area contributed by atoms with Crippen molar-refractivity contribution in [1.82, 2.24) is 14.2 Å². The second-order valence-electron chi connectivity index (χ2n) is 11.9. The van der Waals surface area contributed by atoms with Gasteiger partial charge >= 0.3 is 0 Å². The summed E-state index contributed by atoms with van der Waals surface area (Å²) in [5.74, 6) is 1.75. The number of hydrogen-bond donors (Lipinski definition) is 0. The fourth-order valence-corrected chi connectivity index (χ4v) is 8.72. The molecule has 4 fully saturated rings. The van der Waals surface area contributed by atoms with E-state index in [4.69, 9.17) is 0 Å². The van der Waals surface area contributed by atoms with Crippen LogP contribution < -0.4 is 0 Å². The molecule has 1 aromatic carbocycles. The Morgan fingerprint density at radius 2 is 1.53 bits per heavy atom. The van der Waals surface area contributed by atoms with E-state index in [1.807, 2.05) is 29.0 Å². The van der Waals surface area contributed by atoms with E-state index in [1.165, 1.54) is 0 Å². The van der Waals surface area contributed by atoms with Crippen molar-refractivity contribution in [2.75, 3.05) is 39.3 Å². The molecule has 1 aromatic rings. The van der Waals surface area contributed by atoms with Gasteiger partial charge in [0.25, 0.3) is 0 Å². The Balaban J connectivity index is 1.22. The van der Waals surface area contributed by atoms with Gasteiger partial charge in [0.15, 0.2) is 0 Å². The van der Waals surface area contributed by atoms with E-state index in [0.717, 1.165) is 55.6 Å². The molecular weight excluding hydrogens is 476 g/mol. The minimum absolute atomic E-state index is 0.0318. The number of likely N-dealkylation sites (tertiary alicyclic amines) is 1. The highest BCUT2D eigenvalue weighted by molar-refractivity contribution is 7.89. The Morgan fingerprint density at radius 1 is 0.917 bits per heavy atom. The van der Waals surface area contributed by atoms with Gasteiger partial charge in [0, 0.05) is 26.2 Å². The minimum Gasteiger partial charge on any atom is -0.342 e. The van der Waals surface area contributed by atoms with Crippen LogP contribution in [0.4, 0.5) is 0 Å². The maximum absolute atomic E-state index is 13.5. The first kappa shape index (κ1) is 25.6. The molecule has 9 heteroatoms. The van der Waals surface area contributed by atoms with Gasteiger partial charge in [-0.3, -0.25) is 4.79 Å². The fraction of sp³-hybridized carbons (Fsp3) is 0.741. The molecule has 5 unspecified atom stereocenters. The molecule has 8 nitrogen and oxygen atoms in total. The Hall–Kier alpha value is -2.00. The zero-order chi connectivity index (χ0) is 25.6. The summed E-state index contributed by atoms with van der Waals surface area (Å²) >= 11 is 0. The summed E-state index contributed by atoms with van der Waals surface area (Å²) in [4.78, 5) is 29.7. The zero-order valence-electron chi connectivity index (χ0n) is 21.9. The van der Waals surface area contributed by atoms with Crippen LogP contribution in [0.2, 0.25) is 0 Å². The number of rotatable bonds is 4. The van der Waals surface area contributed by atoms with Gasteiger partial charge in [-0.2, -0.15) is 4.31 Å². The highest BCUT2D eigenvalue weighted by Gasteiger charge is 2.54. The zero-order valence-corrected chi connectivity index (χ0v) is 22.7. The molecule has 5 rings (SSSR count). The standard InChI is InChI=1S/C27H41N4O4S/c1-19-4-6-24(7-5-19)36(34,35)29-11-8-22(9-12-29)23-10-13-30-26(15-23)25(18-31(30)33)27(32)28-16-20(2)14-21(3)17-28/h4-7,20-23,25-26H,8-18H2,1-3H3/q+1. The number of fused-ring (bicyclic) bond motifs is 1. The Labute approximate surface area is 215 Å². The molecule has 0 spiro atoms. The number of piperidine rings is 3. The molecule has 0 radical (unpaired) electrons. The quantitative estimate of drug-likeness (QED) is 0.573. The minimum atomic E-state index is -3.47. The number of aryl methyl sites for hydroxylation is 1. The van der Waals surface area contributed by atoms with Gasteiger partial charge < -0.3 is 4.90 Å². The third-order valence-electron chi connectivity index (χ3n) is 9.08. The van der Waals surface area contributed by atoms with Crippen molar-refractivity contribution < 1.29 is 18.1 Å². The van der Waals surface area contributed by atoms with Crippen molar-refractivity contribution in [3.05, 3.63) is 34.7 Å². The number of carbonyl (C=O) groups excluding carboxylic acids is 1. The van der Waals surface area contributed by atoms with Crippen molar-refractivity contribution in [2.24, 2.45) is 29.6 Å². The van der Waals surface area contributed by atoms with E-state index >= 15 is 0 Å². The SMILES string of the molecule is Cc1ccc(S(=O)(=O)N2CCC(C3CCN4C(C3)C(C(=O)N3CC(C)CC(C)C3)C[N+]4=O)CC2)cc1. The summed E-state index contributed by atoms with van der Waals surface area (Å²) in [6.07, 6.45) is 4.61. The van der Waals surface area contributed by atoms with E-state index < -0.39 is 10.0 Å². The predicted octanol–water partition coefficient (Wildman–Crippen LogP) is 3.30. The molecule has 0 saturated carbocycles. The molecule has 0 aromatic heterocycles. The molecule has 198 valence electrons. The molecule has 4 aliphatic rings. The first-order valence-electron chi connectivity index (χ1n) is 13.7. The lowest BCUT2D eigenvalue weighted by Gasteiger charge is -2.40. The van der Waals surface area contributed by atoms with Gasteiger partial charge in [-0.05, 0) is 74.8 Å². The lowest BCUT2D eigenvalue weighted by Crippen LogP contribution is -2.51. The number of benzene rings is 1. The van der Waals surface area contributed by atoms with Crippen LogP contribution in [0.3, 0.4) is 0 Å². The smallest absolute Gasteiger partial charge is 0.243 e. The van der Waals surface area contributed by atoms with Gasteiger partial charge in [0.1, 0.15) is 16.8 Å². The molecule has 4 saturated heterocycles. The van der Waals surface area contributed by atoms with Gasteiger partial charge in [-0.15, -0.1) is 5.01 Å². The third kappa shape index (κ3) is 4.93. The summed E-state index contributed by atoms with van der Waals surface area (Å²) in [6.45, 7) is 9.98. The number of sulfonamides is 1. The van der Waals surface area contributed by atoms with Crippen molar-refractivity contribution in [3.63, 3.8) is 0 Å². The van der Waals surface area contributed by atoms with Gasteiger partial charge in [0.2, 0.25) is 22.5 Å². The number of hydrogen-bond acceptors (Lipinski definition) is 4. The lowest BCUT2D eigenvalue weighted by molar-refractivity contribution is -0.692. The number of carbonyl (C=O) groups is 1. The second kappa shape index (κ2) is 10.0. The van der Waals surface area contributed by atoms with Crippen molar-refractivity contribution in [2.45, 2.75) is 63.8 Å². The molecule has 0 bridgehead atoms. The van der Waals surface area contributed by atoms with Crippen LogP contribution in [0.1, 0.15) is 51.5 Å². The molecule has 1 amide bonds. The van der Waals surface area contributed by atoms with E-state index in [0.29, 0.717) is 48.2 Å². The highest BCUT2D eigenvalue weighted by Crippen LogP contribution is 2.40. The van der Waals surface area contributed by atoms with Crippen LogP contribution in [-0.2, 0) is 14.8 Å². The summed E-state index contributed by atoms with van der Waals surface area (Å²) in [6, 6.07) is 7.05. The monoisotopic (exact) mass is 517 g/mol. The molecule has 0 N–H and O–H groups in total.